The van der Waals surface area contributed by atoms with Crippen molar-refractivity contribution in [1.82, 2.24) is 9.21 Å². The van der Waals surface area contributed by atoms with E-state index in [4.69, 9.17) is 0 Å². The molecule has 0 unspecified atom stereocenters. The number of benzene rings is 2. The van der Waals surface area contributed by atoms with Crippen molar-refractivity contribution in [2.75, 3.05) is 18.4 Å². The SMILES string of the molecule is O=C(Nc1ccccc1)N1CCC(N(C2CC2)S(=O)(=O)c2ccccc2C(F)(F)F)CC1. The van der Waals surface area contributed by atoms with Crippen LogP contribution in [-0.2, 0) is 16.2 Å². The number of carbonyl (C=O) groups is 1. The maximum Gasteiger partial charge on any atom is 0.417 e. The summed E-state index contributed by atoms with van der Waals surface area (Å²) in [5.74, 6) is 0. The van der Waals surface area contributed by atoms with Crippen molar-refractivity contribution >= 4 is 21.7 Å². The molecule has 1 N–H and O–H groups in total. The summed E-state index contributed by atoms with van der Waals surface area (Å²) >= 11 is 0. The molecule has 0 atom stereocenters. The summed E-state index contributed by atoms with van der Waals surface area (Å²) in [7, 11) is -4.34. The van der Waals surface area contributed by atoms with Gasteiger partial charge in [0.1, 0.15) is 0 Å². The fourth-order valence-corrected chi connectivity index (χ4v) is 6.25. The van der Waals surface area contributed by atoms with E-state index in [0.29, 0.717) is 44.5 Å². The zero-order chi connectivity index (χ0) is 22.9. The number of hydrogen-bond donors (Lipinski definition) is 1. The molecule has 172 valence electrons. The number of halogens is 3. The first-order chi connectivity index (χ1) is 15.2. The molecule has 0 bridgehead atoms. The number of hydrogen-bond acceptors (Lipinski definition) is 3. The van der Waals surface area contributed by atoms with Crippen LogP contribution in [0.2, 0.25) is 0 Å². The van der Waals surface area contributed by atoms with Crippen molar-refractivity contribution in [3.05, 3.63) is 60.2 Å². The monoisotopic (exact) mass is 467 g/mol. The van der Waals surface area contributed by atoms with Gasteiger partial charge in [0.2, 0.25) is 10.0 Å². The van der Waals surface area contributed by atoms with Crippen LogP contribution in [0.25, 0.3) is 0 Å². The van der Waals surface area contributed by atoms with Crippen LogP contribution in [0, 0.1) is 0 Å². The smallest absolute Gasteiger partial charge is 0.324 e. The molecule has 2 amide bonds. The van der Waals surface area contributed by atoms with Gasteiger partial charge in [0.25, 0.3) is 0 Å². The van der Waals surface area contributed by atoms with Gasteiger partial charge in [-0.3, -0.25) is 0 Å². The predicted octanol–water partition coefficient (Wildman–Crippen LogP) is 4.56. The number of rotatable bonds is 5. The number of alkyl halides is 3. The van der Waals surface area contributed by atoms with Crippen LogP contribution in [0.3, 0.4) is 0 Å². The Balaban J connectivity index is 1.50. The normalized spacial score (nSPS) is 18.1. The molecule has 0 aromatic heterocycles. The lowest BCUT2D eigenvalue weighted by atomic mass is 10.1. The maximum absolute atomic E-state index is 13.5. The van der Waals surface area contributed by atoms with E-state index in [9.17, 15) is 26.4 Å². The third-order valence-corrected chi connectivity index (χ3v) is 7.85. The second kappa shape index (κ2) is 8.74. The van der Waals surface area contributed by atoms with E-state index in [1.54, 1.807) is 29.2 Å². The maximum atomic E-state index is 13.5. The van der Waals surface area contributed by atoms with Crippen LogP contribution in [0.15, 0.2) is 59.5 Å². The first-order valence-electron chi connectivity index (χ1n) is 10.5. The fraction of sp³-hybridized carbons (Fsp3) is 0.409. The van der Waals surface area contributed by atoms with E-state index in [-0.39, 0.29) is 12.1 Å². The molecule has 0 radical (unpaired) electrons. The van der Waals surface area contributed by atoms with Gasteiger partial charge >= 0.3 is 12.2 Å². The number of urea groups is 1. The van der Waals surface area contributed by atoms with Gasteiger partial charge in [-0.15, -0.1) is 0 Å². The van der Waals surface area contributed by atoms with Crippen LogP contribution >= 0.6 is 0 Å². The molecular weight excluding hydrogens is 443 g/mol. The number of likely N-dealkylation sites (tertiary alicyclic amines) is 1. The fourth-order valence-electron chi connectivity index (χ4n) is 4.11. The standard InChI is InChI=1S/C22H24F3N3O3S/c23-22(24,25)19-8-4-5-9-20(19)32(30,31)28(17-10-11-17)18-12-14-27(15-13-18)21(29)26-16-6-2-1-3-7-16/h1-9,17-18H,10-15H2,(H,26,29). The molecule has 2 aliphatic rings. The lowest BCUT2D eigenvalue weighted by Gasteiger charge is -2.38. The van der Waals surface area contributed by atoms with Gasteiger partial charge in [-0.25, -0.2) is 13.2 Å². The van der Waals surface area contributed by atoms with E-state index in [0.717, 1.165) is 12.1 Å². The van der Waals surface area contributed by atoms with Crippen LogP contribution in [-0.4, -0.2) is 48.8 Å². The second-order valence-corrected chi connectivity index (χ2v) is 9.89. The summed E-state index contributed by atoms with van der Waals surface area (Å²) < 4.78 is 68.5. The van der Waals surface area contributed by atoms with E-state index in [1.165, 1.54) is 16.4 Å². The Hall–Kier alpha value is -2.59. The topological polar surface area (TPSA) is 69.7 Å². The number of para-hydroxylation sites is 1. The van der Waals surface area contributed by atoms with Gasteiger partial charge in [-0.05, 0) is 49.9 Å². The number of anilines is 1. The van der Waals surface area contributed by atoms with Crippen LogP contribution in [0.1, 0.15) is 31.2 Å². The molecule has 1 heterocycles. The van der Waals surface area contributed by atoms with Gasteiger partial charge in [-0.1, -0.05) is 30.3 Å². The van der Waals surface area contributed by atoms with E-state index in [1.807, 2.05) is 6.07 Å². The minimum atomic E-state index is -4.77. The Kier molecular flexibility index (Phi) is 6.17. The van der Waals surface area contributed by atoms with Gasteiger partial charge in [0, 0.05) is 30.9 Å². The zero-order valence-corrected chi connectivity index (χ0v) is 18.1. The molecule has 2 fully saturated rings. The average Bonchev–Trinajstić information content (AvgIpc) is 3.59. The number of nitrogens with zero attached hydrogens (tertiary/aromatic N) is 2. The Morgan fingerprint density at radius 2 is 1.47 bits per heavy atom. The lowest BCUT2D eigenvalue weighted by molar-refractivity contribution is -0.139. The molecule has 4 rings (SSSR count). The number of carbonyl (C=O) groups excluding carboxylic acids is 1. The number of nitrogens with one attached hydrogen (secondary N) is 1. The summed E-state index contributed by atoms with van der Waals surface area (Å²) in [6.07, 6.45) is -2.78. The molecule has 1 saturated heterocycles. The third kappa shape index (κ3) is 4.75. The molecule has 1 aliphatic heterocycles. The summed E-state index contributed by atoms with van der Waals surface area (Å²) in [5, 5.41) is 2.80. The Bertz CT molecular complexity index is 1060. The minimum absolute atomic E-state index is 0.280. The van der Waals surface area contributed by atoms with Gasteiger partial charge in [0.15, 0.2) is 0 Å². The Morgan fingerprint density at radius 3 is 2.06 bits per heavy atom. The first-order valence-corrected chi connectivity index (χ1v) is 11.9. The first kappa shape index (κ1) is 22.6. The average molecular weight is 468 g/mol. The van der Waals surface area contributed by atoms with Gasteiger partial charge in [-0.2, -0.15) is 17.5 Å². The summed E-state index contributed by atoms with van der Waals surface area (Å²) in [4.78, 5) is 13.4. The summed E-state index contributed by atoms with van der Waals surface area (Å²) in [6, 6.07) is 12.3. The molecule has 1 aliphatic carbocycles. The predicted molar refractivity (Wildman–Crippen MR) is 114 cm³/mol. The highest BCUT2D eigenvalue weighted by Gasteiger charge is 2.46. The van der Waals surface area contributed by atoms with Crippen molar-refractivity contribution in [2.45, 2.75) is 48.8 Å². The Labute approximate surface area is 185 Å². The molecule has 2 aromatic rings. The number of piperidine rings is 1. The lowest BCUT2D eigenvalue weighted by Crippen LogP contribution is -2.50. The van der Waals surface area contributed by atoms with Crippen molar-refractivity contribution in [3.8, 4) is 0 Å². The van der Waals surface area contributed by atoms with Gasteiger partial charge in [0.05, 0.1) is 10.5 Å². The molecule has 10 heteroatoms. The highest BCUT2D eigenvalue weighted by molar-refractivity contribution is 7.89. The van der Waals surface area contributed by atoms with Crippen molar-refractivity contribution < 1.29 is 26.4 Å². The van der Waals surface area contributed by atoms with Crippen molar-refractivity contribution in [1.29, 1.82) is 0 Å². The second-order valence-electron chi connectivity index (χ2n) is 8.07. The van der Waals surface area contributed by atoms with Crippen LogP contribution in [0.5, 0.6) is 0 Å². The number of sulfonamides is 1. The third-order valence-electron chi connectivity index (χ3n) is 5.79. The number of amides is 2. The van der Waals surface area contributed by atoms with Crippen molar-refractivity contribution in [3.63, 3.8) is 0 Å². The molecule has 32 heavy (non-hydrogen) atoms. The zero-order valence-electron chi connectivity index (χ0n) is 17.3. The van der Waals surface area contributed by atoms with Crippen LogP contribution in [0.4, 0.5) is 23.7 Å². The highest BCUT2D eigenvalue weighted by Crippen LogP contribution is 2.40. The van der Waals surface area contributed by atoms with Crippen LogP contribution < -0.4 is 5.32 Å². The molecular formula is C22H24F3N3O3S. The van der Waals surface area contributed by atoms with E-state index < -0.39 is 32.7 Å². The van der Waals surface area contributed by atoms with E-state index >= 15 is 0 Å². The molecule has 2 aromatic carbocycles. The van der Waals surface area contributed by atoms with E-state index in [2.05, 4.69) is 5.32 Å². The molecule has 1 saturated carbocycles. The quantitative estimate of drug-likeness (QED) is 0.701. The minimum Gasteiger partial charge on any atom is -0.324 e. The Morgan fingerprint density at radius 1 is 0.906 bits per heavy atom. The van der Waals surface area contributed by atoms with Gasteiger partial charge < -0.3 is 10.2 Å². The summed E-state index contributed by atoms with van der Waals surface area (Å²) in [5.41, 5.74) is -0.490. The molecule has 0 spiro atoms. The summed E-state index contributed by atoms with van der Waals surface area (Å²) in [6.45, 7) is 0.645. The largest absolute Gasteiger partial charge is 0.417 e. The highest BCUT2D eigenvalue weighted by atomic mass is 32.2. The van der Waals surface area contributed by atoms with Crippen molar-refractivity contribution in [2.24, 2.45) is 0 Å². The molecule has 6 nitrogen and oxygen atoms in total.